The van der Waals surface area contributed by atoms with Crippen LogP contribution >= 0.6 is 27.3 Å². The molecule has 0 bridgehead atoms. The molecule has 0 aliphatic heterocycles. The van der Waals surface area contributed by atoms with E-state index in [2.05, 4.69) is 20.9 Å². The van der Waals surface area contributed by atoms with Crippen LogP contribution in [0.1, 0.15) is 5.69 Å². The molecule has 0 radical (unpaired) electrons. The minimum Gasteiger partial charge on any atom is -0.298 e. The third kappa shape index (κ3) is 2.89. The molecule has 1 aromatic carbocycles. The van der Waals surface area contributed by atoms with E-state index < -0.39 is 11.9 Å². The van der Waals surface area contributed by atoms with Crippen molar-refractivity contribution in [2.24, 2.45) is 0 Å². The summed E-state index contributed by atoms with van der Waals surface area (Å²) in [4.78, 5) is 4.44. The molecule has 2 heterocycles. The van der Waals surface area contributed by atoms with Crippen molar-refractivity contribution in [2.75, 3.05) is 0 Å². The van der Waals surface area contributed by atoms with E-state index >= 15 is 0 Å². The summed E-state index contributed by atoms with van der Waals surface area (Å²) in [6, 6.07) is 12.4. The number of hydrogen-bond acceptors (Lipinski definition) is 2. The van der Waals surface area contributed by atoms with Gasteiger partial charge in [0.05, 0.1) is 8.66 Å². The fraction of sp³-hybridized carbons (Fsp3) is 0.0714. The molecule has 0 aliphatic rings. The van der Waals surface area contributed by atoms with E-state index in [-0.39, 0.29) is 5.82 Å². The number of alkyl halides is 3. The van der Waals surface area contributed by atoms with E-state index in [1.807, 2.05) is 6.07 Å². The van der Waals surface area contributed by atoms with Crippen molar-refractivity contribution < 1.29 is 13.2 Å². The lowest BCUT2D eigenvalue weighted by Crippen LogP contribution is -2.04. The first-order valence-corrected chi connectivity index (χ1v) is 7.54. The summed E-state index contributed by atoms with van der Waals surface area (Å²) in [6.07, 6.45) is -3.44. The highest BCUT2D eigenvalue weighted by Crippen LogP contribution is 2.36. The van der Waals surface area contributed by atoms with E-state index in [1.54, 1.807) is 36.4 Å². The van der Waals surface area contributed by atoms with Gasteiger partial charge in [-0.25, -0.2) is 4.98 Å². The second-order valence-corrected chi connectivity index (χ2v) is 6.72. The maximum absolute atomic E-state index is 12.9. The maximum Gasteiger partial charge on any atom is 0.434 e. The molecule has 0 amide bonds. The van der Waals surface area contributed by atoms with E-state index in [9.17, 15) is 13.2 Å². The summed E-state index contributed by atoms with van der Waals surface area (Å²) in [5, 5.41) is 0. The minimum absolute atomic E-state index is 0.282. The molecule has 21 heavy (non-hydrogen) atoms. The lowest BCUT2D eigenvalue weighted by Gasteiger charge is -2.05. The molecule has 0 atom stereocenters. The van der Waals surface area contributed by atoms with Crippen molar-refractivity contribution >= 4 is 27.3 Å². The Morgan fingerprint density at radius 3 is 2.33 bits per heavy atom. The molecular formula is C14H8BrF3N2S. The lowest BCUT2D eigenvalue weighted by atomic mass is 10.3. The number of nitrogens with zero attached hydrogens (tertiary/aromatic N) is 2. The number of aromatic nitrogens is 2. The number of hydrogen-bond donors (Lipinski definition) is 0. The molecule has 0 spiro atoms. The first-order valence-electron chi connectivity index (χ1n) is 5.93. The van der Waals surface area contributed by atoms with Crippen LogP contribution in [0.15, 0.2) is 52.4 Å². The summed E-state index contributed by atoms with van der Waals surface area (Å²) >= 11 is 4.66. The normalized spacial score (nSPS) is 11.8. The van der Waals surface area contributed by atoms with Gasteiger partial charge in [0.1, 0.15) is 0 Å². The first-order chi connectivity index (χ1) is 9.95. The van der Waals surface area contributed by atoms with Crippen LogP contribution in [-0.4, -0.2) is 9.55 Å². The molecule has 0 saturated heterocycles. The van der Waals surface area contributed by atoms with Gasteiger partial charge in [0, 0.05) is 11.9 Å². The molecule has 3 rings (SSSR count). The second kappa shape index (κ2) is 5.31. The number of thiophene rings is 1. The van der Waals surface area contributed by atoms with Crippen LogP contribution in [0.3, 0.4) is 0 Å². The monoisotopic (exact) mass is 372 g/mol. The maximum atomic E-state index is 12.9. The van der Waals surface area contributed by atoms with Crippen molar-refractivity contribution in [3.05, 3.63) is 58.1 Å². The fourth-order valence-corrected chi connectivity index (χ4v) is 3.28. The Hall–Kier alpha value is -1.60. The molecular weight excluding hydrogens is 365 g/mol. The van der Waals surface area contributed by atoms with Crippen LogP contribution in [0.2, 0.25) is 0 Å². The molecule has 7 heteroatoms. The molecule has 2 nitrogen and oxygen atoms in total. The van der Waals surface area contributed by atoms with Crippen LogP contribution in [0.4, 0.5) is 13.2 Å². The largest absolute Gasteiger partial charge is 0.434 e. The van der Waals surface area contributed by atoms with Crippen molar-refractivity contribution in [1.82, 2.24) is 9.55 Å². The zero-order valence-electron chi connectivity index (χ0n) is 10.4. The van der Waals surface area contributed by atoms with Crippen LogP contribution in [-0.2, 0) is 6.18 Å². The third-order valence-corrected chi connectivity index (χ3v) is 4.44. The van der Waals surface area contributed by atoms with Gasteiger partial charge in [-0.1, -0.05) is 18.2 Å². The second-order valence-electron chi connectivity index (χ2n) is 4.26. The highest BCUT2D eigenvalue weighted by atomic mass is 79.9. The summed E-state index contributed by atoms with van der Waals surface area (Å²) in [5.41, 5.74) is -0.258. The SMILES string of the molecule is FC(F)(F)c1cn(-c2ccccc2)c(-c2ccc(Br)s2)n1. The predicted octanol–water partition coefficient (Wildman–Crippen LogP) is 5.38. The standard InChI is InChI=1S/C14H8BrF3N2S/c15-12-7-6-10(21-12)13-19-11(14(16,17)18)8-20(13)9-4-2-1-3-5-9/h1-8H. The number of rotatable bonds is 2. The average Bonchev–Trinajstić information content (AvgIpc) is 3.05. The van der Waals surface area contributed by atoms with E-state index in [0.29, 0.717) is 10.6 Å². The molecule has 2 aromatic heterocycles. The highest BCUT2D eigenvalue weighted by molar-refractivity contribution is 9.11. The van der Waals surface area contributed by atoms with Gasteiger partial charge in [-0.3, -0.25) is 4.57 Å². The van der Waals surface area contributed by atoms with Gasteiger partial charge in [0.2, 0.25) is 0 Å². The van der Waals surface area contributed by atoms with Gasteiger partial charge >= 0.3 is 6.18 Å². The van der Waals surface area contributed by atoms with Gasteiger partial charge in [0.25, 0.3) is 0 Å². The Labute approximate surface area is 131 Å². The van der Waals surface area contributed by atoms with Crippen LogP contribution in [0.25, 0.3) is 16.4 Å². The third-order valence-electron chi connectivity index (χ3n) is 2.82. The van der Waals surface area contributed by atoms with E-state index in [0.717, 1.165) is 9.98 Å². The summed E-state index contributed by atoms with van der Waals surface area (Å²) < 4.78 is 41.1. The Bertz CT molecular complexity index is 762. The number of imidazole rings is 1. The predicted molar refractivity (Wildman–Crippen MR) is 79.6 cm³/mol. The fourth-order valence-electron chi connectivity index (χ4n) is 1.91. The Kier molecular flexibility index (Phi) is 3.62. The molecule has 0 saturated carbocycles. The molecule has 108 valence electrons. The molecule has 0 unspecified atom stereocenters. The quantitative estimate of drug-likeness (QED) is 0.590. The molecule has 3 aromatic rings. The first kappa shape index (κ1) is 14.3. The molecule has 0 aliphatic carbocycles. The van der Waals surface area contributed by atoms with Crippen LogP contribution in [0.5, 0.6) is 0 Å². The van der Waals surface area contributed by atoms with Crippen molar-refractivity contribution in [3.8, 4) is 16.4 Å². The highest BCUT2D eigenvalue weighted by Gasteiger charge is 2.35. The van der Waals surface area contributed by atoms with Crippen LogP contribution < -0.4 is 0 Å². The van der Waals surface area contributed by atoms with Gasteiger partial charge < -0.3 is 0 Å². The van der Waals surface area contributed by atoms with Crippen molar-refractivity contribution in [3.63, 3.8) is 0 Å². The number of para-hydroxylation sites is 1. The summed E-state index contributed by atoms with van der Waals surface area (Å²) in [7, 11) is 0. The average molecular weight is 373 g/mol. The zero-order chi connectivity index (χ0) is 15.0. The summed E-state index contributed by atoms with van der Waals surface area (Å²) in [5.74, 6) is 0.282. The van der Waals surface area contributed by atoms with E-state index in [4.69, 9.17) is 0 Å². The Morgan fingerprint density at radius 2 is 1.76 bits per heavy atom. The Morgan fingerprint density at radius 1 is 1.05 bits per heavy atom. The number of halogens is 4. The van der Waals surface area contributed by atoms with Gasteiger partial charge in [0.15, 0.2) is 11.5 Å². The lowest BCUT2D eigenvalue weighted by molar-refractivity contribution is -0.140. The van der Waals surface area contributed by atoms with Gasteiger partial charge in [-0.2, -0.15) is 13.2 Å². The molecule has 0 N–H and O–H groups in total. The van der Waals surface area contributed by atoms with Crippen LogP contribution in [0, 0.1) is 0 Å². The zero-order valence-corrected chi connectivity index (χ0v) is 12.8. The van der Waals surface area contributed by atoms with Gasteiger partial charge in [-0.05, 0) is 40.2 Å². The Balaban J connectivity index is 2.20. The van der Waals surface area contributed by atoms with E-state index in [1.165, 1.54) is 15.9 Å². The molecule has 0 fully saturated rings. The van der Waals surface area contributed by atoms with Crippen molar-refractivity contribution in [1.29, 1.82) is 0 Å². The number of benzene rings is 1. The smallest absolute Gasteiger partial charge is 0.298 e. The van der Waals surface area contributed by atoms with Gasteiger partial charge in [-0.15, -0.1) is 11.3 Å². The minimum atomic E-state index is -4.47. The summed E-state index contributed by atoms with van der Waals surface area (Å²) in [6.45, 7) is 0. The topological polar surface area (TPSA) is 17.8 Å². The van der Waals surface area contributed by atoms with Crippen molar-refractivity contribution in [2.45, 2.75) is 6.18 Å².